The number of nitrogens with zero attached hydrogens (tertiary/aromatic N) is 3. The Morgan fingerprint density at radius 2 is 2.11 bits per heavy atom. The summed E-state index contributed by atoms with van der Waals surface area (Å²) in [5.74, 6) is -0.255. The zero-order chi connectivity index (χ0) is 18.1. The van der Waals surface area contributed by atoms with E-state index in [2.05, 4.69) is 41.5 Å². The van der Waals surface area contributed by atoms with Crippen molar-refractivity contribution in [3.05, 3.63) is 69.1 Å². The van der Waals surface area contributed by atoms with E-state index in [1.54, 1.807) is 16.5 Å². The molecule has 27 heavy (non-hydrogen) atoms. The fourth-order valence-corrected chi connectivity index (χ4v) is 4.02. The topological polar surface area (TPSA) is 66.7 Å². The summed E-state index contributed by atoms with van der Waals surface area (Å²) in [6.07, 6.45) is 4.05. The van der Waals surface area contributed by atoms with Crippen LogP contribution in [0.3, 0.4) is 0 Å². The van der Waals surface area contributed by atoms with Gasteiger partial charge in [0.25, 0.3) is 11.5 Å². The Kier molecular flexibility index (Phi) is 5.94. The number of nitrogens with one attached hydrogen (secondary N) is 1. The lowest BCUT2D eigenvalue weighted by Crippen LogP contribution is -2.49. The van der Waals surface area contributed by atoms with Crippen LogP contribution in [0.1, 0.15) is 34.5 Å². The smallest absolute Gasteiger partial charge is 0.271 e. The molecule has 0 bridgehead atoms. The lowest BCUT2D eigenvalue weighted by Gasteiger charge is -2.36. The van der Waals surface area contributed by atoms with Gasteiger partial charge in [-0.05, 0) is 17.5 Å². The van der Waals surface area contributed by atoms with Crippen LogP contribution < -0.4 is 10.9 Å². The van der Waals surface area contributed by atoms with Gasteiger partial charge in [0.1, 0.15) is 5.56 Å². The van der Waals surface area contributed by atoms with Crippen LogP contribution in [0.5, 0.6) is 0 Å². The Morgan fingerprint density at radius 3 is 2.85 bits per heavy atom. The molecule has 0 radical (unpaired) electrons. The van der Waals surface area contributed by atoms with E-state index in [-0.39, 0.29) is 35.5 Å². The van der Waals surface area contributed by atoms with Crippen molar-refractivity contribution in [2.24, 2.45) is 0 Å². The molecule has 2 aromatic heterocycles. The van der Waals surface area contributed by atoms with E-state index in [9.17, 15) is 9.59 Å². The first-order chi connectivity index (χ1) is 12.7. The lowest BCUT2D eigenvalue weighted by molar-refractivity contribution is 0.0632. The second kappa shape index (κ2) is 8.21. The van der Waals surface area contributed by atoms with Crippen molar-refractivity contribution in [2.45, 2.75) is 19.4 Å². The number of carbonyl (C=O) groups excluding carboxylic acids is 1. The number of piperazine rings is 1. The molecule has 142 valence electrons. The monoisotopic (exact) mass is 404 g/mol. The predicted molar refractivity (Wildman–Crippen MR) is 109 cm³/mol. The average molecular weight is 405 g/mol. The fourth-order valence-electron chi connectivity index (χ4n) is 3.35. The van der Waals surface area contributed by atoms with Gasteiger partial charge < -0.3 is 10.2 Å². The Labute approximate surface area is 167 Å². The van der Waals surface area contributed by atoms with E-state index in [0.717, 1.165) is 12.0 Å². The summed E-state index contributed by atoms with van der Waals surface area (Å²) >= 11 is 1.38. The first kappa shape index (κ1) is 19.5. The van der Waals surface area contributed by atoms with Gasteiger partial charge in [0.2, 0.25) is 0 Å². The maximum absolute atomic E-state index is 13.1. The maximum Gasteiger partial charge on any atom is 0.271 e. The van der Waals surface area contributed by atoms with Gasteiger partial charge in [-0.15, -0.1) is 23.7 Å². The number of hydrogen-bond acceptors (Lipinski definition) is 5. The molecule has 1 amide bonds. The number of amides is 1. The minimum absolute atomic E-state index is 0. The maximum atomic E-state index is 13.1. The molecular weight excluding hydrogens is 384 g/mol. The molecule has 8 heteroatoms. The molecule has 1 aliphatic rings. The Balaban J connectivity index is 0.00000210. The SMILES string of the molecule is CCc1ccc(C2CNCCN2C(=O)c2cnc3sccn3c2=O)cc1.Cl. The number of carbonyl (C=O) groups is 1. The van der Waals surface area contributed by atoms with Gasteiger partial charge >= 0.3 is 0 Å². The third kappa shape index (κ3) is 3.63. The minimum Gasteiger partial charge on any atom is -0.329 e. The molecule has 1 saturated heterocycles. The first-order valence-electron chi connectivity index (χ1n) is 8.74. The summed E-state index contributed by atoms with van der Waals surface area (Å²) in [7, 11) is 0. The summed E-state index contributed by atoms with van der Waals surface area (Å²) in [5.41, 5.74) is 2.16. The molecule has 1 aromatic carbocycles. The number of halogens is 1. The lowest BCUT2D eigenvalue weighted by atomic mass is 10.0. The van der Waals surface area contributed by atoms with Gasteiger partial charge in [-0.2, -0.15) is 0 Å². The van der Waals surface area contributed by atoms with Crippen LogP contribution in [0.25, 0.3) is 4.96 Å². The van der Waals surface area contributed by atoms with Gasteiger partial charge in [-0.1, -0.05) is 31.2 Å². The molecular formula is C19H21ClN4O2S. The molecule has 6 nitrogen and oxygen atoms in total. The number of fused-ring (bicyclic) bond motifs is 1. The van der Waals surface area contributed by atoms with E-state index in [1.165, 1.54) is 27.5 Å². The average Bonchev–Trinajstić information content (AvgIpc) is 3.18. The van der Waals surface area contributed by atoms with Crippen molar-refractivity contribution in [1.82, 2.24) is 19.6 Å². The number of rotatable bonds is 3. The molecule has 0 saturated carbocycles. The van der Waals surface area contributed by atoms with E-state index in [0.29, 0.717) is 24.6 Å². The standard InChI is InChI=1S/C19H20N4O2S.ClH/c1-2-13-3-5-14(6-4-13)16-12-20-7-8-22(16)17(24)15-11-21-19-23(18(15)25)9-10-26-19;/h3-6,9-11,16,20H,2,7-8,12H2,1H3;1H. The molecule has 0 aliphatic carbocycles. The van der Waals surface area contributed by atoms with Gasteiger partial charge in [-0.3, -0.25) is 14.0 Å². The number of hydrogen-bond donors (Lipinski definition) is 1. The van der Waals surface area contributed by atoms with Gasteiger partial charge in [0.15, 0.2) is 4.96 Å². The Morgan fingerprint density at radius 1 is 1.33 bits per heavy atom. The fraction of sp³-hybridized carbons (Fsp3) is 0.316. The third-order valence-electron chi connectivity index (χ3n) is 4.85. The van der Waals surface area contributed by atoms with Crippen LogP contribution in [0.4, 0.5) is 0 Å². The summed E-state index contributed by atoms with van der Waals surface area (Å²) in [4.78, 5) is 32.4. The second-order valence-corrected chi connectivity index (χ2v) is 7.22. The van der Waals surface area contributed by atoms with Crippen molar-refractivity contribution < 1.29 is 4.79 Å². The summed E-state index contributed by atoms with van der Waals surface area (Å²) in [6, 6.07) is 8.25. The molecule has 1 unspecified atom stereocenters. The summed E-state index contributed by atoms with van der Waals surface area (Å²) in [5, 5.41) is 5.14. The molecule has 0 spiro atoms. The zero-order valence-electron chi connectivity index (χ0n) is 14.9. The largest absolute Gasteiger partial charge is 0.329 e. The van der Waals surface area contributed by atoms with Gasteiger partial charge in [0, 0.05) is 37.4 Å². The van der Waals surface area contributed by atoms with E-state index in [4.69, 9.17) is 0 Å². The highest BCUT2D eigenvalue weighted by molar-refractivity contribution is 7.15. The van der Waals surface area contributed by atoms with Crippen LogP contribution in [-0.4, -0.2) is 39.8 Å². The third-order valence-corrected chi connectivity index (χ3v) is 5.62. The van der Waals surface area contributed by atoms with Crippen LogP contribution in [0.15, 0.2) is 46.8 Å². The number of benzene rings is 1. The molecule has 3 heterocycles. The summed E-state index contributed by atoms with van der Waals surface area (Å²) < 4.78 is 1.44. The minimum atomic E-state index is -0.306. The molecule has 1 aliphatic heterocycles. The Bertz CT molecular complexity index is 999. The highest BCUT2D eigenvalue weighted by Crippen LogP contribution is 2.24. The van der Waals surface area contributed by atoms with Crippen LogP contribution in [0.2, 0.25) is 0 Å². The molecule has 1 N–H and O–H groups in total. The van der Waals surface area contributed by atoms with E-state index in [1.807, 2.05) is 0 Å². The number of thiazole rings is 1. The Hall–Kier alpha value is -2.22. The summed E-state index contributed by atoms with van der Waals surface area (Å²) in [6.45, 7) is 4.07. The van der Waals surface area contributed by atoms with Crippen molar-refractivity contribution in [2.75, 3.05) is 19.6 Å². The van der Waals surface area contributed by atoms with Crippen LogP contribution >= 0.6 is 23.7 Å². The van der Waals surface area contributed by atoms with E-state index >= 15 is 0 Å². The van der Waals surface area contributed by atoms with Crippen molar-refractivity contribution in [1.29, 1.82) is 0 Å². The molecule has 1 atom stereocenters. The normalized spacial score (nSPS) is 16.9. The second-order valence-electron chi connectivity index (χ2n) is 6.35. The van der Waals surface area contributed by atoms with Crippen molar-refractivity contribution >= 4 is 34.6 Å². The number of aromatic nitrogens is 2. The van der Waals surface area contributed by atoms with Gasteiger partial charge in [-0.25, -0.2) is 4.98 Å². The zero-order valence-corrected chi connectivity index (χ0v) is 16.6. The van der Waals surface area contributed by atoms with Crippen molar-refractivity contribution in [3.63, 3.8) is 0 Å². The molecule has 4 rings (SSSR count). The highest BCUT2D eigenvalue weighted by atomic mass is 35.5. The quantitative estimate of drug-likeness (QED) is 0.728. The van der Waals surface area contributed by atoms with Crippen LogP contribution in [0, 0.1) is 0 Å². The molecule has 1 fully saturated rings. The predicted octanol–water partition coefficient (Wildman–Crippen LogP) is 2.53. The van der Waals surface area contributed by atoms with Gasteiger partial charge in [0.05, 0.1) is 6.04 Å². The highest BCUT2D eigenvalue weighted by Gasteiger charge is 2.30. The molecule has 3 aromatic rings. The van der Waals surface area contributed by atoms with Crippen molar-refractivity contribution in [3.8, 4) is 0 Å². The van der Waals surface area contributed by atoms with Crippen LogP contribution in [-0.2, 0) is 6.42 Å². The first-order valence-corrected chi connectivity index (χ1v) is 9.62. The van der Waals surface area contributed by atoms with E-state index < -0.39 is 0 Å². The number of aryl methyl sites for hydroxylation is 1.